The molecule has 1 atom stereocenters. The van der Waals surface area contributed by atoms with Crippen molar-refractivity contribution in [3.8, 4) is 11.5 Å². The quantitative estimate of drug-likeness (QED) is 0.190. The first-order valence-corrected chi connectivity index (χ1v) is 12.7. The van der Waals surface area contributed by atoms with Crippen LogP contribution in [0.2, 0.25) is 0 Å². The molecule has 4 aromatic rings. The molecule has 4 rings (SSSR count). The Hall–Kier alpha value is -5.18. The van der Waals surface area contributed by atoms with Gasteiger partial charge >= 0.3 is 0 Å². The van der Waals surface area contributed by atoms with Crippen LogP contribution in [0.1, 0.15) is 22.3 Å². The smallest absolute Gasteiger partial charge is 0.269 e. The molecule has 0 aliphatic heterocycles. The SMILES string of the molecule is NC(=O)[C@H](Cc1ccc(OCc2ccccc2)c(OCc2ccccc2)c1)NC(=O)Cc1cccc([N+](=O)[O-])c1. The van der Waals surface area contributed by atoms with Gasteiger partial charge in [0.05, 0.1) is 11.3 Å². The van der Waals surface area contributed by atoms with Gasteiger partial charge in [-0.2, -0.15) is 0 Å². The van der Waals surface area contributed by atoms with E-state index >= 15 is 0 Å². The summed E-state index contributed by atoms with van der Waals surface area (Å²) >= 11 is 0. The highest BCUT2D eigenvalue weighted by Crippen LogP contribution is 2.30. The van der Waals surface area contributed by atoms with Crippen LogP contribution in [-0.4, -0.2) is 22.8 Å². The average molecular weight is 540 g/mol. The van der Waals surface area contributed by atoms with E-state index in [1.165, 1.54) is 18.2 Å². The van der Waals surface area contributed by atoms with Gasteiger partial charge in [0, 0.05) is 18.6 Å². The molecular formula is C31H29N3O6. The van der Waals surface area contributed by atoms with E-state index in [2.05, 4.69) is 5.32 Å². The number of nitrogens with two attached hydrogens (primary N) is 1. The number of rotatable bonds is 13. The van der Waals surface area contributed by atoms with Crippen molar-refractivity contribution in [1.82, 2.24) is 5.32 Å². The standard InChI is InChI=1S/C31H29N3O6/c32-31(36)27(33-30(35)19-24-12-7-13-26(16-24)34(37)38)17-25-14-15-28(39-20-22-8-3-1-4-9-22)29(18-25)40-21-23-10-5-2-6-11-23/h1-16,18,27H,17,19-21H2,(H2,32,36)(H,33,35)/t27-/m0/s1. The van der Waals surface area contributed by atoms with Gasteiger partial charge in [-0.15, -0.1) is 0 Å². The third kappa shape index (κ3) is 8.16. The number of nitro benzene ring substituents is 1. The molecule has 0 unspecified atom stereocenters. The molecule has 0 bridgehead atoms. The zero-order valence-corrected chi connectivity index (χ0v) is 21.7. The number of primary amides is 1. The van der Waals surface area contributed by atoms with E-state index in [0.29, 0.717) is 35.8 Å². The number of ether oxygens (including phenoxy) is 2. The van der Waals surface area contributed by atoms with Crippen LogP contribution in [0.25, 0.3) is 0 Å². The van der Waals surface area contributed by atoms with E-state index in [-0.39, 0.29) is 18.5 Å². The molecule has 0 aliphatic rings. The molecule has 0 saturated heterocycles. The molecule has 0 saturated carbocycles. The Kier molecular flexibility index (Phi) is 9.44. The lowest BCUT2D eigenvalue weighted by Crippen LogP contribution is -2.46. The molecule has 0 aromatic heterocycles. The lowest BCUT2D eigenvalue weighted by molar-refractivity contribution is -0.384. The highest BCUT2D eigenvalue weighted by atomic mass is 16.6. The number of nitrogens with one attached hydrogen (secondary N) is 1. The van der Waals surface area contributed by atoms with Crippen molar-refractivity contribution >= 4 is 17.5 Å². The molecule has 0 fully saturated rings. The second kappa shape index (κ2) is 13.6. The summed E-state index contributed by atoms with van der Waals surface area (Å²) in [6.07, 6.45) is -0.0141. The Bertz CT molecular complexity index is 1460. The number of carbonyl (C=O) groups excluding carboxylic acids is 2. The summed E-state index contributed by atoms with van der Waals surface area (Å²) in [5.74, 6) is -0.159. The van der Waals surface area contributed by atoms with Gasteiger partial charge < -0.3 is 20.5 Å². The lowest BCUT2D eigenvalue weighted by Gasteiger charge is -2.18. The van der Waals surface area contributed by atoms with Crippen molar-refractivity contribution in [2.45, 2.75) is 32.1 Å². The Morgan fingerprint density at radius 1 is 0.750 bits per heavy atom. The summed E-state index contributed by atoms with van der Waals surface area (Å²) in [6, 6.07) is 29.5. The second-order valence-electron chi connectivity index (χ2n) is 9.16. The maximum atomic E-state index is 12.7. The van der Waals surface area contributed by atoms with E-state index in [9.17, 15) is 19.7 Å². The fourth-order valence-corrected chi connectivity index (χ4v) is 4.05. The summed E-state index contributed by atoms with van der Waals surface area (Å²) in [4.78, 5) is 35.4. The Balaban J connectivity index is 1.47. The Labute approximate surface area is 231 Å². The van der Waals surface area contributed by atoms with Crippen LogP contribution in [0.3, 0.4) is 0 Å². The van der Waals surface area contributed by atoms with Gasteiger partial charge in [-0.1, -0.05) is 78.9 Å². The third-order valence-electron chi connectivity index (χ3n) is 6.09. The van der Waals surface area contributed by atoms with E-state index in [1.54, 1.807) is 24.3 Å². The number of hydrogen-bond donors (Lipinski definition) is 2. The maximum Gasteiger partial charge on any atom is 0.269 e. The number of amides is 2. The molecule has 204 valence electrons. The first-order valence-electron chi connectivity index (χ1n) is 12.7. The van der Waals surface area contributed by atoms with E-state index in [4.69, 9.17) is 15.2 Å². The van der Waals surface area contributed by atoms with Crippen LogP contribution in [0, 0.1) is 10.1 Å². The molecule has 4 aromatic carbocycles. The normalized spacial score (nSPS) is 11.3. The van der Waals surface area contributed by atoms with Crippen molar-refractivity contribution in [2.24, 2.45) is 5.73 Å². The molecule has 0 aliphatic carbocycles. The predicted octanol–water partition coefficient (Wildman–Crippen LogP) is 4.51. The van der Waals surface area contributed by atoms with Gasteiger partial charge in [0.15, 0.2) is 11.5 Å². The first kappa shape index (κ1) is 27.8. The van der Waals surface area contributed by atoms with Crippen LogP contribution in [0.4, 0.5) is 5.69 Å². The molecule has 0 heterocycles. The van der Waals surface area contributed by atoms with Gasteiger partial charge in [-0.3, -0.25) is 19.7 Å². The molecule has 0 spiro atoms. The fourth-order valence-electron chi connectivity index (χ4n) is 4.05. The van der Waals surface area contributed by atoms with Gasteiger partial charge in [-0.05, 0) is 34.4 Å². The molecule has 2 amide bonds. The number of nitrogens with zero attached hydrogens (tertiary/aromatic N) is 1. The molecule has 0 radical (unpaired) electrons. The molecule has 9 nitrogen and oxygen atoms in total. The maximum absolute atomic E-state index is 12.7. The fraction of sp³-hybridized carbons (Fsp3) is 0.161. The van der Waals surface area contributed by atoms with Gasteiger partial charge in [0.1, 0.15) is 19.3 Å². The summed E-state index contributed by atoms with van der Waals surface area (Å²) in [5, 5.41) is 13.7. The molecule has 9 heteroatoms. The Morgan fingerprint density at radius 3 is 1.95 bits per heavy atom. The zero-order chi connectivity index (χ0) is 28.3. The highest BCUT2D eigenvalue weighted by molar-refractivity contribution is 5.87. The number of carbonyl (C=O) groups is 2. The van der Waals surface area contributed by atoms with Crippen LogP contribution in [-0.2, 0) is 35.6 Å². The number of hydrogen-bond acceptors (Lipinski definition) is 6. The van der Waals surface area contributed by atoms with Gasteiger partial charge in [0.2, 0.25) is 11.8 Å². The predicted molar refractivity (Wildman–Crippen MR) is 150 cm³/mol. The van der Waals surface area contributed by atoms with Crippen molar-refractivity contribution < 1.29 is 24.0 Å². The molecule has 3 N–H and O–H groups in total. The van der Waals surface area contributed by atoms with E-state index < -0.39 is 22.8 Å². The van der Waals surface area contributed by atoms with Crippen LogP contribution < -0.4 is 20.5 Å². The molecular weight excluding hydrogens is 510 g/mol. The molecule has 40 heavy (non-hydrogen) atoms. The Morgan fingerprint density at radius 2 is 1.35 bits per heavy atom. The van der Waals surface area contributed by atoms with Crippen molar-refractivity contribution in [2.75, 3.05) is 0 Å². The minimum Gasteiger partial charge on any atom is -0.485 e. The summed E-state index contributed by atoms with van der Waals surface area (Å²) < 4.78 is 12.1. The van der Waals surface area contributed by atoms with E-state index in [0.717, 1.165) is 11.1 Å². The lowest BCUT2D eigenvalue weighted by atomic mass is 10.0. The van der Waals surface area contributed by atoms with Gasteiger partial charge in [0.25, 0.3) is 5.69 Å². The van der Waals surface area contributed by atoms with Crippen LogP contribution >= 0.6 is 0 Å². The highest BCUT2D eigenvalue weighted by Gasteiger charge is 2.20. The number of non-ortho nitro benzene ring substituents is 1. The van der Waals surface area contributed by atoms with Crippen LogP contribution in [0.15, 0.2) is 103 Å². The van der Waals surface area contributed by atoms with Crippen molar-refractivity contribution in [3.05, 3.63) is 135 Å². The number of nitro groups is 1. The largest absolute Gasteiger partial charge is 0.485 e. The summed E-state index contributed by atoms with van der Waals surface area (Å²) in [6.45, 7) is 0.657. The summed E-state index contributed by atoms with van der Waals surface area (Å²) in [5.41, 5.74) is 8.62. The van der Waals surface area contributed by atoms with Crippen molar-refractivity contribution in [3.63, 3.8) is 0 Å². The third-order valence-corrected chi connectivity index (χ3v) is 6.09. The first-order chi connectivity index (χ1) is 19.4. The van der Waals surface area contributed by atoms with E-state index in [1.807, 2.05) is 60.7 Å². The second-order valence-corrected chi connectivity index (χ2v) is 9.16. The zero-order valence-electron chi connectivity index (χ0n) is 21.7. The monoisotopic (exact) mass is 539 g/mol. The summed E-state index contributed by atoms with van der Waals surface area (Å²) in [7, 11) is 0. The van der Waals surface area contributed by atoms with Crippen molar-refractivity contribution in [1.29, 1.82) is 0 Å². The van der Waals surface area contributed by atoms with Gasteiger partial charge in [-0.25, -0.2) is 0 Å². The van der Waals surface area contributed by atoms with Crippen LogP contribution in [0.5, 0.6) is 11.5 Å². The number of benzene rings is 4. The topological polar surface area (TPSA) is 134 Å². The average Bonchev–Trinajstić information content (AvgIpc) is 2.96. The minimum atomic E-state index is -0.996. The minimum absolute atomic E-state index is 0.116.